The van der Waals surface area contributed by atoms with Crippen LogP contribution in [0.1, 0.15) is 109 Å². The van der Waals surface area contributed by atoms with Crippen molar-refractivity contribution in [1.82, 2.24) is 31.5 Å². The van der Waals surface area contributed by atoms with E-state index in [9.17, 15) is 29.1 Å². The number of hydrogen-bond donors (Lipinski definition) is 4. The number of carboxylic acid groups (broad SMARTS) is 1. The van der Waals surface area contributed by atoms with Gasteiger partial charge in [0.05, 0.1) is 25.2 Å². The average Bonchev–Trinajstić information content (AvgIpc) is 3.65. The van der Waals surface area contributed by atoms with Gasteiger partial charge in [-0.2, -0.15) is 0 Å². The molecule has 0 saturated carbocycles. The summed E-state index contributed by atoms with van der Waals surface area (Å²) in [5.41, 5.74) is 8.19. The fraction of sp³-hybridized carbons (Fsp3) is 0.453. The predicted molar refractivity (Wildman–Crippen MR) is 316 cm³/mol. The molecule has 0 radical (unpaired) electrons. The summed E-state index contributed by atoms with van der Waals surface area (Å²) in [6.07, 6.45) is 6.38. The molecule has 0 aliphatic carbocycles. The maximum atomic E-state index is 12.3. The molecule has 1 fully saturated rings. The van der Waals surface area contributed by atoms with Crippen molar-refractivity contribution in [3.63, 3.8) is 0 Å². The summed E-state index contributed by atoms with van der Waals surface area (Å²) < 4.78 is 37.9. The van der Waals surface area contributed by atoms with Crippen LogP contribution in [0.2, 0.25) is 2.82 Å². The number of aliphatic carboxylic acids is 1. The topological polar surface area (TPSA) is 193 Å². The Morgan fingerprint density at radius 1 is 0.694 bits per heavy atom. The number of halogens is 4. The zero-order valence-corrected chi connectivity index (χ0v) is 51.9. The van der Waals surface area contributed by atoms with Crippen LogP contribution in [-0.4, -0.2) is 91.7 Å². The molecule has 14 nitrogen and oxygen atoms in total. The van der Waals surface area contributed by atoms with Gasteiger partial charge < -0.3 is 36.3 Å². The molecular weight excluding hydrogens is 1410 g/mol. The van der Waals surface area contributed by atoms with Gasteiger partial charge in [0.1, 0.15) is 18.7 Å². The fourth-order valence-corrected chi connectivity index (χ4v) is 8.55. The van der Waals surface area contributed by atoms with Gasteiger partial charge in [-0.3, -0.25) is 14.6 Å². The second-order valence-electron chi connectivity index (χ2n) is 19.4. The number of carbonyl (C=O) groups is 5. The van der Waals surface area contributed by atoms with Crippen LogP contribution in [0, 0.1) is 0 Å². The Morgan fingerprint density at radius 3 is 1.54 bits per heavy atom. The van der Waals surface area contributed by atoms with Gasteiger partial charge in [-0.25, -0.2) is 19.2 Å². The number of nitrogens with zero attached hydrogens (tertiary/aromatic N) is 3. The summed E-state index contributed by atoms with van der Waals surface area (Å²) in [4.78, 5) is 63.8. The van der Waals surface area contributed by atoms with Crippen molar-refractivity contribution in [2.24, 2.45) is 0 Å². The fourth-order valence-electron chi connectivity index (χ4n) is 8.55. The zero-order valence-electron chi connectivity index (χ0n) is 45.7. The van der Waals surface area contributed by atoms with Crippen molar-refractivity contribution in [3.8, 4) is 0 Å². The van der Waals surface area contributed by atoms with E-state index in [0.717, 1.165) is 53.4 Å². The van der Waals surface area contributed by atoms with Gasteiger partial charge in [-0.1, -0.05) is 104 Å². The van der Waals surface area contributed by atoms with E-state index < -0.39 is 41.4 Å². The number of Topliss-reactive ketones (excluding diaryl/α,β-unsaturated/α-hetero) is 1. The monoisotopic (exact) mass is 1480 g/mol. The first-order valence-electron chi connectivity index (χ1n) is 25.6. The number of urea groups is 1. The molecule has 4 aromatic carbocycles. The number of ketones is 1. The number of hydrogen-bond acceptors (Lipinski definition) is 9. The molecule has 4 atom stereocenters. The third-order valence-corrected chi connectivity index (χ3v) is 12.0. The maximum absolute atomic E-state index is 12.3. The summed E-state index contributed by atoms with van der Waals surface area (Å²) >= 11 is 7.39. The quantitative estimate of drug-likeness (QED) is 0.143. The van der Waals surface area contributed by atoms with Crippen LogP contribution in [0.25, 0.3) is 0 Å². The molecule has 4 amide bonds. The standard InChI is InChI=1S/C16H21NO3.C15H19NO4.C11H12N2O.C11H15N.4HI.H3N.V/c1-11(18)14-9-12-7-5-6-8-13(12)10-17(14)15(19)20-16(2,3)4;1-15(2,3)20-14(19)16-9-11-7-5-4-6-10(11)8-12(16)13(17)18;14-11-12-6-10-5-8-3-1-2-4-9(8)7-13(10)11;1-2-11-7-9-5-3-4-6-10(9)8-12-11;;;;;;/h5-8,14H,9-10H2,1-4H3;4-7,12H,8-9H2,1-3H3,(H,17,18);1-4,10H,5-7H2,(H,12,14);3-6,11-12H,2,7-8H2,1H3;4*1H;1H3;/q;;;;;;;;;+3/p-3/t;;;11-;;;;;;/m...0....../s1/i1D;;;1D;;;;;;/hD2. The number of amides is 4. The Morgan fingerprint density at radius 2 is 1.10 bits per heavy atom. The molecule has 3 unspecified atom stereocenters. The van der Waals surface area contributed by atoms with Crippen LogP contribution < -0.4 is 16.8 Å². The molecule has 5 aliphatic rings. The molecule has 394 valence electrons. The molecule has 0 aromatic heterocycles. The van der Waals surface area contributed by atoms with Gasteiger partial charge in [0.2, 0.25) is 0 Å². The Balaban J connectivity index is 0.000000260. The van der Waals surface area contributed by atoms with Gasteiger partial charge in [-0.15, -0.1) is 24.0 Å². The summed E-state index contributed by atoms with van der Waals surface area (Å²) in [5, 5.41) is 13.9. The molecule has 5 heterocycles. The minimum absolute atomic E-state index is 0. The van der Waals surface area contributed by atoms with E-state index in [1.807, 2.05) is 60.7 Å². The number of carbonyl (C=O) groups excluding carboxylic acids is 4. The molecular formula is C53H71I4N6O8V. The Hall–Kier alpha value is -2.75. The Kier molecular flexibility index (Phi) is 23.4. The van der Waals surface area contributed by atoms with Crippen LogP contribution in [-0.2, 0) is 75.8 Å². The SMILES string of the molecule is CC(C)(C)OC(=O)N1Cc2ccccc2CC1C(=O)O.I.[2H]CC(=O)C1Cc2ccccc2CN1C(=O)OC(C)(C)C.[2H]CC[C@H]1Cc2ccccc2CN1.[2H]N.[2H]N1CC2Cc3ccccc3CN2C1=O.[I][V]([I])[I]. The molecule has 4 aromatic rings. The van der Waals surface area contributed by atoms with Crippen LogP contribution in [0.4, 0.5) is 14.4 Å². The summed E-state index contributed by atoms with van der Waals surface area (Å²) in [7, 11) is 0. The van der Waals surface area contributed by atoms with Gasteiger partial charge in [0.25, 0.3) is 0 Å². The van der Waals surface area contributed by atoms with Crippen molar-refractivity contribution in [2.75, 3.05) is 6.54 Å². The minimum atomic E-state index is -1.01. The third kappa shape index (κ3) is 19.4. The summed E-state index contributed by atoms with van der Waals surface area (Å²) in [5.74, 6) is -1.26. The zero-order chi connectivity index (χ0) is 55.6. The van der Waals surface area contributed by atoms with Crippen molar-refractivity contribution in [2.45, 2.75) is 149 Å². The Labute approximate surface area is 486 Å². The molecule has 0 bridgehead atoms. The van der Waals surface area contributed by atoms with Crippen molar-refractivity contribution >= 4 is 114 Å². The van der Waals surface area contributed by atoms with E-state index >= 15 is 0 Å². The summed E-state index contributed by atoms with van der Waals surface area (Å²) in [6.45, 7) is 13.7. The van der Waals surface area contributed by atoms with Crippen LogP contribution in [0.5, 0.6) is 0 Å². The van der Waals surface area contributed by atoms with Crippen molar-refractivity contribution in [1.29, 1.82) is 0 Å². The number of ether oxygens (including phenoxy) is 2. The summed E-state index contributed by atoms with van der Waals surface area (Å²) in [6, 6.07) is 31.2. The van der Waals surface area contributed by atoms with Crippen molar-refractivity contribution < 1.29 is 49.0 Å². The average molecular weight is 1480 g/mol. The molecule has 5 aliphatic heterocycles. The second kappa shape index (κ2) is 29.5. The molecule has 1 saturated heterocycles. The molecule has 9 rings (SSSR count). The van der Waals surface area contributed by atoms with E-state index in [-0.39, 0.29) is 60.2 Å². The molecule has 0 spiro atoms. The van der Waals surface area contributed by atoms with Gasteiger partial charge in [0, 0.05) is 41.3 Å². The van der Waals surface area contributed by atoms with Crippen molar-refractivity contribution in [3.05, 3.63) is 142 Å². The Bertz CT molecular complexity index is 2540. The van der Waals surface area contributed by atoms with E-state index in [0.29, 0.717) is 45.4 Å². The van der Waals surface area contributed by atoms with Crippen LogP contribution in [0.3, 0.4) is 0 Å². The van der Waals surface area contributed by atoms with Gasteiger partial charge in [-0.05, 0) is 112 Å². The first-order chi connectivity index (χ1) is 35.5. The number of rotatable bonds is 3. The number of fused-ring (bicyclic) bond motifs is 5. The van der Waals surface area contributed by atoms with Gasteiger partial charge >= 0.3 is 89.0 Å². The van der Waals surface area contributed by atoms with Crippen LogP contribution >= 0.6 is 83.9 Å². The second-order valence-corrected chi connectivity index (χ2v) is 54.8. The van der Waals surface area contributed by atoms with E-state index in [2.05, 4.69) is 108 Å². The van der Waals surface area contributed by atoms with E-state index in [1.54, 1.807) is 46.4 Å². The van der Waals surface area contributed by atoms with Crippen LogP contribution in [0.15, 0.2) is 97.1 Å². The normalized spacial score (nSPS) is 19.8. The molecule has 6 N–H and O–H groups in total. The molecule has 72 heavy (non-hydrogen) atoms. The first kappa shape index (κ1) is 57.0. The van der Waals surface area contributed by atoms with Gasteiger partial charge in [0.15, 0.2) is 7.20 Å². The number of carboxylic acids is 1. The number of nitrogens with one attached hydrogen (secondary N) is 2. The first-order valence-corrected chi connectivity index (χ1v) is 36.7. The molecule has 19 heteroatoms. The van der Waals surface area contributed by atoms with E-state index in [1.165, 1.54) is 32.1 Å². The predicted octanol–water partition coefficient (Wildman–Crippen LogP) is 12.1. The number of benzene rings is 4. The van der Waals surface area contributed by atoms with E-state index in [4.69, 9.17) is 15.0 Å². The third-order valence-electron chi connectivity index (χ3n) is 12.0.